The Balaban J connectivity index is 1.60. The zero-order chi connectivity index (χ0) is 29.8. The molecule has 0 unspecified atom stereocenters. The predicted octanol–water partition coefficient (Wildman–Crippen LogP) is 8.93. The Labute approximate surface area is 236 Å². The standard InChI is InChI=1S/C36H30FN2O/c1-22(2)18-28-19-32(39(4)21-31(28)37)33-23(3)10-16-29-30-17-15-27(20-38)34(36(30)40-35(29)33)26-13-11-25(12-14-26)24-8-6-5-7-9-24/h5-17,19,21-22H,18H2,1-4H3/q+1/i18D2. The molecule has 0 aliphatic heterocycles. The van der Waals surface area contributed by atoms with Crippen LogP contribution in [0, 0.1) is 30.0 Å². The lowest BCUT2D eigenvalue weighted by atomic mass is 9.94. The van der Waals surface area contributed by atoms with Gasteiger partial charge in [-0.2, -0.15) is 9.83 Å². The molecule has 0 saturated carbocycles. The molecule has 4 aromatic carbocycles. The summed E-state index contributed by atoms with van der Waals surface area (Å²) in [6.07, 6.45) is -0.525. The molecule has 0 radical (unpaired) electrons. The van der Waals surface area contributed by atoms with Gasteiger partial charge in [-0.15, -0.1) is 0 Å². The monoisotopic (exact) mass is 527 g/mol. The zero-order valence-corrected chi connectivity index (χ0v) is 22.9. The molecular formula is C36H30FN2O+. The Kier molecular flexibility index (Phi) is 5.85. The fourth-order valence-electron chi connectivity index (χ4n) is 5.45. The number of aryl methyl sites for hydroxylation is 2. The molecule has 0 N–H and O–H groups in total. The summed E-state index contributed by atoms with van der Waals surface area (Å²) in [4.78, 5) is 0. The van der Waals surface area contributed by atoms with Crippen LogP contribution in [0.3, 0.4) is 0 Å². The SMILES string of the molecule is [2H]C([2H])(c1cc(-c2c(C)ccc3c2oc2c(-c4ccc(-c5ccccc5)cc4)c(C#N)ccc23)[n+](C)cc1F)C(C)C. The topological polar surface area (TPSA) is 40.8 Å². The summed E-state index contributed by atoms with van der Waals surface area (Å²) in [5, 5.41) is 11.8. The van der Waals surface area contributed by atoms with Gasteiger partial charge in [0.15, 0.2) is 5.82 Å². The fourth-order valence-corrected chi connectivity index (χ4v) is 5.45. The molecule has 0 aliphatic carbocycles. The van der Waals surface area contributed by atoms with Crippen molar-refractivity contribution >= 4 is 21.9 Å². The lowest BCUT2D eigenvalue weighted by Crippen LogP contribution is -2.32. The van der Waals surface area contributed by atoms with Gasteiger partial charge in [-0.25, -0.2) is 4.39 Å². The zero-order valence-electron chi connectivity index (χ0n) is 24.9. The van der Waals surface area contributed by atoms with Crippen molar-refractivity contribution in [1.29, 1.82) is 5.26 Å². The van der Waals surface area contributed by atoms with E-state index in [1.807, 2.05) is 73.7 Å². The van der Waals surface area contributed by atoms with Gasteiger partial charge in [-0.1, -0.05) is 80.6 Å². The van der Waals surface area contributed by atoms with Crippen LogP contribution >= 0.6 is 0 Å². The van der Waals surface area contributed by atoms with Crippen LogP contribution in [0.1, 0.15) is 33.3 Å². The molecule has 40 heavy (non-hydrogen) atoms. The third-order valence-electron chi connectivity index (χ3n) is 7.34. The van der Waals surface area contributed by atoms with Gasteiger partial charge >= 0.3 is 0 Å². The van der Waals surface area contributed by atoms with E-state index in [2.05, 4.69) is 18.2 Å². The van der Waals surface area contributed by atoms with Crippen LogP contribution < -0.4 is 4.57 Å². The largest absolute Gasteiger partial charge is 0.454 e. The summed E-state index contributed by atoms with van der Waals surface area (Å²) < 4.78 is 40.7. The quantitative estimate of drug-likeness (QED) is 0.210. The number of aromatic nitrogens is 1. The van der Waals surface area contributed by atoms with Crippen molar-refractivity contribution in [3.63, 3.8) is 0 Å². The van der Waals surface area contributed by atoms with Crippen LogP contribution in [0.5, 0.6) is 0 Å². The van der Waals surface area contributed by atoms with E-state index in [-0.39, 0.29) is 5.56 Å². The number of nitrogens with zero attached hydrogens (tertiary/aromatic N) is 2. The third-order valence-corrected chi connectivity index (χ3v) is 7.34. The van der Waals surface area contributed by atoms with Crippen molar-refractivity contribution in [2.75, 3.05) is 0 Å². The van der Waals surface area contributed by atoms with Gasteiger partial charge in [0, 0.05) is 30.7 Å². The van der Waals surface area contributed by atoms with Crippen molar-refractivity contribution in [2.45, 2.75) is 27.1 Å². The molecule has 0 atom stereocenters. The molecule has 3 nitrogen and oxygen atoms in total. The highest BCUT2D eigenvalue weighted by Gasteiger charge is 2.25. The maximum Gasteiger partial charge on any atom is 0.216 e. The van der Waals surface area contributed by atoms with Crippen molar-refractivity contribution in [1.82, 2.24) is 0 Å². The van der Waals surface area contributed by atoms with Gasteiger partial charge in [0.2, 0.25) is 11.9 Å². The molecule has 6 aromatic rings. The second-order valence-electron chi connectivity index (χ2n) is 10.5. The normalized spacial score (nSPS) is 12.5. The first-order valence-corrected chi connectivity index (χ1v) is 13.4. The van der Waals surface area contributed by atoms with Crippen LogP contribution in [0.2, 0.25) is 0 Å². The Morgan fingerprint density at radius 3 is 2.17 bits per heavy atom. The summed E-state index contributed by atoms with van der Waals surface area (Å²) in [7, 11) is 1.75. The molecule has 6 rings (SSSR count). The Morgan fingerprint density at radius 2 is 1.50 bits per heavy atom. The highest BCUT2D eigenvalue weighted by atomic mass is 19.1. The Morgan fingerprint density at radius 1 is 0.875 bits per heavy atom. The molecule has 0 bridgehead atoms. The van der Waals surface area contributed by atoms with E-state index in [4.69, 9.17) is 7.16 Å². The van der Waals surface area contributed by atoms with E-state index in [1.54, 1.807) is 31.5 Å². The van der Waals surface area contributed by atoms with E-state index in [0.29, 0.717) is 22.4 Å². The number of benzene rings is 4. The minimum atomic E-state index is -1.86. The molecule has 4 heteroatoms. The molecule has 2 heterocycles. The Bertz CT molecular complexity index is 2020. The molecule has 0 spiro atoms. The van der Waals surface area contributed by atoms with E-state index < -0.39 is 18.1 Å². The van der Waals surface area contributed by atoms with E-state index in [9.17, 15) is 5.26 Å². The third kappa shape index (κ3) is 4.34. The lowest BCUT2D eigenvalue weighted by molar-refractivity contribution is -0.662. The molecule has 0 amide bonds. The summed E-state index contributed by atoms with van der Waals surface area (Å²) >= 11 is 0. The van der Waals surface area contributed by atoms with Crippen molar-refractivity contribution < 1.29 is 16.1 Å². The smallest absolute Gasteiger partial charge is 0.216 e. The number of furan rings is 1. The molecule has 0 aliphatic rings. The maximum atomic E-state index is 15.1. The van der Waals surface area contributed by atoms with Gasteiger partial charge in [0.25, 0.3) is 0 Å². The van der Waals surface area contributed by atoms with Crippen LogP contribution in [0.25, 0.3) is 55.4 Å². The first kappa shape index (κ1) is 23.2. The van der Waals surface area contributed by atoms with Gasteiger partial charge in [-0.05, 0) is 53.6 Å². The van der Waals surface area contributed by atoms with Crippen LogP contribution in [-0.2, 0) is 13.4 Å². The number of rotatable bonds is 5. The second-order valence-corrected chi connectivity index (χ2v) is 10.5. The fraction of sp³-hybridized carbons (Fsp3) is 0.167. The van der Waals surface area contributed by atoms with Gasteiger partial charge in [0.1, 0.15) is 18.2 Å². The van der Waals surface area contributed by atoms with E-state index in [0.717, 1.165) is 44.2 Å². The van der Waals surface area contributed by atoms with Crippen LogP contribution in [0.4, 0.5) is 4.39 Å². The number of halogens is 1. The summed E-state index contributed by atoms with van der Waals surface area (Å²) in [6, 6.07) is 29.9. The highest BCUT2D eigenvalue weighted by molar-refractivity contribution is 6.14. The molecule has 196 valence electrons. The number of hydrogen-bond acceptors (Lipinski definition) is 2. The number of nitriles is 1. The minimum absolute atomic E-state index is 0.0177. The lowest BCUT2D eigenvalue weighted by Gasteiger charge is -2.10. The first-order valence-electron chi connectivity index (χ1n) is 14.4. The van der Waals surface area contributed by atoms with Gasteiger partial charge in [-0.3, -0.25) is 0 Å². The average molecular weight is 528 g/mol. The van der Waals surface area contributed by atoms with E-state index in [1.165, 1.54) is 6.20 Å². The van der Waals surface area contributed by atoms with Crippen molar-refractivity contribution in [3.05, 3.63) is 114 Å². The number of fused-ring (bicyclic) bond motifs is 3. The van der Waals surface area contributed by atoms with Gasteiger partial charge < -0.3 is 4.42 Å². The van der Waals surface area contributed by atoms with Crippen LogP contribution in [-0.4, -0.2) is 0 Å². The second kappa shape index (κ2) is 10.1. The van der Waals surface area contributed by atoms with Crippen LogP contribution in [0.15, 0.2) is 95.5 Å². The van der Waals surface area contributed by atoms with Gasteiger partial charge in [0.05, 0.1) is 17.2 Å². The maximum absolute atomic E-state index is 15.1. The first-order chi connectivity index (χ1) is 20.1. The highest BCUT2D eigenvalue weighted by Crippen LogP contribution is 2.42. The van der Waals surface area contributed by atoms with Crippen molar-refractivity contribution in [2.24, 2.45) is 13.0 Å². The minimum Gasteiger partial charge on any atom is -0.454 e. The summed E-state index contributed by atoms with van der Waals surface area (Å²) in [5.74, 6) is -1.01. The molecule has 0 fully saturated rings. The summed E-state index contributed by atoms with van der Waals surface area (Å²) in [5.41, 5.74) is 7.83. The molecule has 0 saturated heterocycles. The summed E-state index contributed by atoms with van der Waals surface area (Å²) in [6.45, 7) is 5.46. The number of hydrogen-bond donors (Lipinski definition) is 0. The molecule has 2 aromatic heterocycles. The average Bonchev–Trinajstić information content (AvgIpc) is 3.36. The molecular weight excluding hydrogens is 495 g/mol. The van der Waals surface area contributed by atoms with Crippen molar-refractivity contribution in [3.8, 4) is 39.6 Å². The van der Waals surface area contributed by atoms with E-state index >= 15 is 4.39 Å². The number of pyridine rings is 1. The predicted molar refractivity (Wildman–Crippen MR) is 159 cm³/mol. The Hall–Kier alpha value is -4.75.